The summed E-state index contributed by atoms with van der Waals surface area (Å²) >= 11 is 0. The van der Waals surface area contributed by atoms with Gasteiger partial charge in [-0.25, -0.2) is 0 Å². The first kappa shape index (κ1) is 33.0. The van der Waals surface area contributed by atoms with Crippen molar-refractivity contribution in [2.45, 2.75) is 83.5 Å². The molecular weight excluding hydrogens is 565 g/mol. The second kappa shape index (κ2) is 15.7. The molecule has 1 saturated heterocycles. The highest BCUT2D eigenvalue weighted by atomic mass is 28.3. The van der Waals surface area contributed by atoms with Crippen LogP contribution in [-0.4, -0.2) is 47.2 Å². The van der Waals surface area contributed by atoms with E-state index in [1.54, 1.807) is 0 Å². The molecule has 4 nitrogen and oxygen atoms in total. The van der Waals surface area contributed by atoms with Crippen LogP contribution in [0.4, 0.5) is 0 Å². The fraction of sp³-hybridized carbons (Fsp3) is 0.405. The first-order chi connectivity index (χ1) is 20.6. The standard InChI is InChI=1S/C37H46O4Si2/c1-42(2,3)24-22-33-35(29-38-26-30-16-10-7-11-17-30)41-34(23-25-43(4,5)6)37(40-28-32-20-14-9-15-21-32)36(33)39-27-31-18-12-8-13-19-31/h7-21,33-37H,26-29H2,1-6H3/t33-,34+,35-,36+,37+/m1/s1. The summed E-state index contributed by atoms with van der Waals surface area (Å²) in [7, 11) is -3.39. The van der Waals surface area contributed by atoms with E-state index in [1.807, 2.05) is 54.6 Å². The van der Waals surface area contributed by atoms with Gasteiger partial charge in [0.05, 0.1) is 38.4 Å². The summed E-state index contributed by atoms with van der Waals surface area (Å²) in [6.45, 7) is 15.3. The van der Waals surface area contributed by atoms with Gasteiger partial charge in [-0.1, -0.05) is 136 Å². The Balaban J connectivity index is 1.70. The number of hydrogen-bond acceptors (Lipinski definition) is 4. The Morgan fingerprint density at radius 3 is 1.51 bits per heavy atom. The van der Waals surface area contributed by atoms with Crippen molar-refractivity contribution in [2.24, 2.45) is 5.92 Å². The average Bonchev–Trinajstić information content (AvgIpc) is 2.98. The van der Waals surface area contributed by atoms with Gasteiger partial charge < -0.3 is 18.9 Å². The lowest BCUT2D eigenvalue weighted by Crippen LogP contribution is -2.57. The molecule has 0 bridgehead atoms. The highest BCUT2D eigenvalue weighted by Crippen LogP contribution is 2.32. The first-order valence-electron chi connectivity index (χ1n) is 15.2. The van der Waals surface area contributed by atoms with Crippen LogP contribution in [0.15, 0.2) is 91.0 Å². The third-order valence-corrected chi connectivity index (χ3v) is 8.65. The quantitative estimate of drug-likeness (QED) is 0.176. The second-order valence-corrected chi connectivity index (χ2v) is 22.7. The molecular formula is C37H46O4Si2. The molecule has 3 aromatic rings. The van der Waals surface area contributed by atoms with Gasteiger partial charge in [0.25, 0.3) is 0 Å². The molecule has 0 N–H and O–H groups in total. The van der Waals surface area contributed by atoms with Gasteiger partial charge in [0, 0.05) is 0 Å². The third kappa shape index (κ3) is 11.2. The normalized spacial score (nSPS) is 22.1. The maximum Gasteiger partial charge on any atom is 0.146 e. The molecule has 43 heavy (non-hydrogen) atoms. The van der Waals surface area contributed by atoms with Crippen molar-refractivity contribution >= 4 is 16.1 Å². The van der Waals surface area contributed by atoms with Crippen molar-refractivity contribution in [3.05, 3.63) is 108 Å². The minimum absolute atomic E-state index is 0.239. The molecule has 226 valence electrons. The van der Waals surface area contributed by atoms with Crippen LogP contribution in [-0.2, 0) is 38.8 Å². The Hall–Kier alpha value is -2.95. The predicted molar refractivity (Wildman–Crippen MR) is 181 cm³/mol. The summed E-state index contributed by atoms with van der Waals surface area (Å²) in [5.74, 6) is 6.89. The SMILES string of the molecule is C[Si](C)(C)C#C[C@H]1[C@H](OCc2ccccc2)[C@@H](OCc2ccccc2)[C@H](C#C[Si](C)(C)C)O[C@@H]1COCc1ccccc1. The zero-order valence-corrected chi connectivity index (χ0v) is 28.5. The van der Waals surface area contributed by atoms with Crippen LogP contribution in [0.1, 0.15) is 16.7 Å². The summed E-state index contributed by atoms with van der Waals surface area (Å²) in [5, 5.41) is 0. The van der Waals surface area contributed by atoms with Crippen molar-refractivity contribution in [3.63, 3.8) is 0 Å². The Morgan fingerprint density at radius 2 is 1.02 bits per heavy atom. The monoisotopic (exact) mass is 610 g/mol. The lowest BCUT2D eigenvalue weighted by molar-refractivity contribution is -0.218. The van der Waals surface area contributed by atoms with E-state index in [4.69, 9.17) is 18.9 Å². The van der Waals surface area contributed by atoms with Gasteiger partial charge in [0.15, 0.2) is 0 Å². The van der Waals surface area contributed by atoms with Crippen LogP contribution < -0.4 is 0 Å². The highest BCUT2D eigenvalue weighted by molar-refractivity contribution is 6.84. The fourth-order valence-electron chi connectivity index (χ4n) is 4.74. The fourth-order valence-corrected chi connectivity index (χ4v) is 5.92. The van der Waals surface area contributed by atoms with Crippen molar-refractivity contribution in [1.82, 2.24) is 0 Å². The molecule has 0 saturated carbocycles. The van der Waals surface area contributed by atoms with E-state index >= 15 is 0 Å². The number of rotatable bonds is 10. The molecule has 5 atom stereocenters. The minimum Gasteiger partial charge on any atom is -0.374 e. The molecule has 6 heteroatoms. The summed E-state index contributed by atoms with van der Waals surface area (Å²) in [5.41, 5.74) is 10.5. The van der Waals surface area contributed by atoms with E-state index in [0.29, 0.717) is 26.4 Å². The van der Waals surface area contributed by atoms with Crippen molar-refractivity contribution in [1.29, 1.82) is 0 Å². The summed E-state index contributed by atoms with van der Waals surface area (Å²) < 4.78 is 26.6. The van der Waals surface area contributed by atoms with Crippen LogP contribution in [0.3, 0.4) is 0 Å². The lowest BCUT2D eigenvalue weighted by atomic mass is 9.87. The van der Waals surface area contributed by atoms with Gasteiger partial charge in [-0.15, -0.1) is 17.0 Å². The van der Waals surface area contributed by atoms with E-state index in [1.165, 1.54) is 0 Å². The first-order valence-corrected chi connectivity index (χ1v) is 22.2. The lowest BCUT2D eigenvalue weighted by Gasteiger charge is -2.43. The van der Waals surface area contributed by atoms with Crippen LogP contribution in [0.25, 0.3) is 0 Å². The predicted octanol–water partition coefficient (Wildman–Crippen LogP) is 7.52. The molecule has 1 fully saturated rings. The Labute approximate surface area is 261 Å². The van der Waals surface area contributed by atoms with Crippen molar-refractivity contribution in [3.8, 4) is 22.9 Å². The van der Waals surface area contributed by atoms with Crippen molar-refractivity contribution < 1.29 is 18.9 Å². The maximum absolute atomic E-state index is 6.81. The molecule has 1 heterocycles. The van der Waals surface area contributed by atoms with Gasteiger partial charge in [-0.05, 0) is 16.7 Å². The van der Waals surface area contributed by atoms with Crippen LogP contribution in [0.2, 0.25) is 39.3 Å². The van der Waals surface area contributed by atoms with E-state index in [2.05, 4.69) is 98.6 Å². The average molecular weight is 611 g/mol. The molecule has 1 aliphatic heterocycles. The largest absolute Gasteiger partial charge is 0.374 e. The number of hydrogen-bond donors (Lipinski definition) is 0. The molecule has 0 amide bonds. The zero-order chi connectivity index (χ0) is 30.7. The summed E-state index contributed by atoms with van der Waals surface area (Å²) in [4.78, 5) is 0. The number of ether oxygens (including phenoxy) is 4. The van der Waals surface area contributed by atoms with Crippen LogP contribution in [0.5, 0.6) is 0 Å². The van der Waals surface area contributed by atoms with E-state index in [9.17, 15) is 0 Å². The zero-order valence-electron chi connectivity index (χ0n) is 26.5. The molecule has 3 aromatic carbocycles. The molecule has 4 rings (SSSR count). The van der Waals surface area contributed by atoms with Crippen molar-refractivity contribution in [2.75, 3.05) is 6.61 Å². The van der Waals surface area contributed by atoms with Gasteiger partial charge in [0.1, 0.15) is 34.5 Å². The van der Waals surface area contributed by atoms with Gasteiger partial charge in [-0.2, -0.15) is 0 Å². The minimum atomic E-state index is -1.70. The molecule has 0 aliphatic carbocycles. The van der Waals surface area contributed by atoms with E-state index in [0.717, 1.165) is 16.7 Å². The molecule has 1 aliphatic rings. The Morgan fingerprint density at radius 1 is 0.581 bits per heavy atom. The van der Waals surface area contributed by atoms with E-state index < -0.39 is 28.4 Å². The topological polar surface area (TPSA) is 36.9 Å². The van der Waals surface area contributed by atoms with E-state index in [-0.39, 0.29) is 18.1 Å². The Kier molecular flexibility index (Phi) is 12.0. The highest BCUT2D eigenvalue weighted by Gasteiger charge is 2.47. The molecule has 0 unspecified atom stereocenters. The summed E-state index contributed by atoms with van der Waals surface area (Å²) in [6, 6.07) is 30.7. The van der Waals surface area contributed by atoms with Gasteiger partial charge in [-0.3, -0.25) is 0 Å². The smallest absolute Gasteiger partial charge is 0.146 e. The molecule has 0 radical (unpaired) electrons. The van der Waals surface area contributed by atoms with Crippen LogP contribution >= 0.6 is 0 Å². The maximum atomic E-state index is 6.81. The Bertz CT molecular complexity index is 1380. The van der Waals surface area contributed by atoms with Crippen LogP contribution in [0, 0.1) is 28.8 Å². The second-order valence-electron chi connectivity index (χ2n) is 13.2. The molecule has 0 spiro atoms. The summed E-state index contributed by atoms with van der Waals surface area (Å²) in [6.07, 6.45) is -1.55. The van der Waals surface area contributed by atoms with Gasteiger partial charge in [0.2, 0.25) is 0 Å². The van der Waals surface area contributed by atoms with Gasteiger partial charge >= 0.3 is 0 Å². The third-order valence-electron chi connectivity index (χ3n) is 6.87. The molecule has 0 aromatic heterocycles. The number of benzene rings is 3.